The molecule has 76 valence electrons. The summed E-state index contributed by atoms with van der Waals surface area (Å²) < 4.78 is 0. The van der Waals surface area contributed by atoms with Gasteiger partial charge in [0.1, 0.15) is 10.8 Å². The molecule has 0 saturated carbocycles. The molecular weight excluding hydrogens is 210 g/mol. The monoisotopic (exact) mass is 219 g/mol. The van der Waals surface area contributed by atoms with E-state index in [1.165, 1.54) is 6.20 Å². The van der Waals surface area contributed by atoms with Crippen LogP contribution in [0.3, 0.4) is 0 Å². The summed E-state index contributed by atoms with van der Waals surface area (Å²) in [5, 5.41) is 0.381. The minimum absolute atomic E-state index is 0.308. The third-order valence-corrected chi connectivity index (χ3v) is 2.34. The molecule has 2 aromatic rings. The fourth-order valence-corrected chi connectivity index (χ4v) is 1.39. The molecule has 0 amide bonds. The number of nitrogens with zero attached hydrogens (tertiary/aromatic N) is 2. The molecule has 0 bridgehead atoms. The minimum atomic E-state index is 0.308. The predicted molar refractivity (Wildman–Crippen MR) is 61.6 cm³/mol. The van der Waals surface area contributed by atoms with Gasteiger partial charge < -0.3 is 5.73 Å². The summed E-state index contributed by atoms with van der Waals surface area (Å²) in [5.41, 5.74) is 7.71. The Morgan fingerprint density at radius 2 is 2.13 bits per heavy atom. The second-order valence-electron chi connectivity index (χ2n) is 3.30. The lowest BCUT2D eigenvalue weighted by molar-refractivity contribution is 1.18. The van der Waals surface area contributed by atoms with E-state index in [2.05, 4.69) is 9.97 Å². The number of hydrogen-bond donors (Lipinski definition) is 1. The molecule has 0 atom stereocenters. The maximum Gasteiger partial charge on any atom is 0.161 e. The molecule has 3 nitrogen and oxygen atoms in total. The van der Waals surface area contributed by atoms with Crippen molar-refractivity contribution in [1.29, 1.82) is 0 Å². The summed E-state index contributed by atoms with van der Waals surface area (Å²) in [7, 11) is 0. The molecule has 1 aromatic carbocycles. The van der Waals surface area contributed by atoms with Gasteiger partial charge in [-0.3, -0.25) is 0 Å². The Kier molecular flexibility index (Phi) is 2.56. The van der Waals surface area contributed by atoms with Gasteiger partial charge >= 0.3 is 0 Å². The van der Waals surface area contributed by atoms with Gasteiger partial charge in [-0.25, -0.2) is 9.97 Å². The van der Waals surface area contributed by atoms with E-state index in [4.69, 9.17) is 17.3 Å². The third-order valence-electron chi connectivity index (χ3n) is 2.05. The average Bonchev–Trinajstić information content (AvgIpc) is 2.22. The van der Waals surface area contributed by atoms with Crippen LogP contribution in [0.4, 0.5) is 5.82 Å². The molecule has 15 heavy (non-hydrogen) atoms. The summed E-state index contributed by atoms with van der Waals surface area (Å²) in [6.45, 7) is 2.02. The van der Waals surface area contributed by atoms with Crippen molar-refractivity contribution in [3.63, 3.8) is 0 Å². The zero-order valence-corrected chi connectivity index (χ0v) is 8.99. The molecule has 0 unspecified atom stereocenters. The smallest absolute Gasteiger partial charge is 0.161 e. The molecule has 1 aromatic heterocycles. The quantitative estimate of drug-likeness (QED) is 0.802. The molecule has 2 rings (SSSR count). The van der Waals surface area contributed by atoms with Crippen molar-refractivity contribution in [2.75, 3.05) is 5.73 Å². The van der Waals surface area contributed by atoms with Crippen molar-refractivity contribution in [2.24, 2.45) is 0 Å². The van der Waals surface area contributed by atoms with Crippen LogP contribution in [-0.2, 0) is 0 Å². The maximum absolute atomic E-state index is 5.75. The van der Waals surface area contributed by atoms with E-state index in [0.717, 1.165) is 11.1 Å². The van der Waals surface area contributed by atoms with E-state index in [0.29, 0.717) is 16.7 Å². The van der Waals surface area contributed by atoms with Crippen molar-refractivity contribution >= 4 is 17.4 Å². The van der Waals surface area contributed by atoms with Gasteiger partial charge in [-0.15, -0.1) is 0 Å². The Labute approximate surface area is 92.9 Å². The van der Waals surface area contributed by atoms with Gasteiger partial charge in [0.15, 0.2) is 5.82 Å². The van der Waals surface area contributed by atoms with Crippen LogP contribution >= 0.6 is 11.6 Å². The van der Waals surface area contributed by atoms with Crippen LogP contribution in [0.1, 0.15) is 5.56 Å². The second kappa shape index (κ2) is 3.87. The number of anilines is 1. The molecule has 0 aliphatic carbocycles. The number of nitrogen functional groups attached to an aromatic ring is 1. The first kappa shape index (κ1) is 9.93. The largest absolute Gasteiger partial charge is 0.382 e. The molecule has 0 spiro atoms. The summed E-state index contributed by atoms with van der Waals surface area (Å²) in [6.07, 6.45) is 1.52. The molecule has 1 heterocycles. The van der Waals surface area contributed by atoms with E-state index in [9.17, 15) is 0 Å². The zero-order chi connectivity index (χ0) is 10.8. The third kappa shape index (κ3) is 2.07. The van der Waals surface area contributed by atoms with Crippen LogP contribution in [0.2, 0.25) is 5.02 Å². The number of benzene rings is 1. The minimum Gasteiger partial charge on any atom is -0.382 e. The van der Waals surface area contributed by atoms with E-state index >= 15 is 0 Å². The highest BCUT2D eigenvalue weighted by Crippen LogP contribution is 2.20. The first-order valence-electron chi connectivity index (χ1n) is 4.52. The summed E-state index contributed by atoms with van der Waals surface area (Å²) in [4.78, 5) is 8.25. The molecule has 0 saturated heterocycles. The SMILES string of the molecule is Cc1cccc(-c2ncc(Cl)c(N)n2)c1. The van der Waals surface area contributed by atoms with Crippen molar-refractivity contribution in [1.82, 2.24) is 9.97 Å². The Hall–Kier alpha value is -1.61. The molecule has 2 N–H and O–H groups in total. The number of rotatable bonds is 1. The van der Waals surface area contributed by atoms with Gasteiger partial charge in [-0.2, -0.15) is 0 Å². The topological polar surface area (TPSA) is 51.8 Å². The van der Waals surface area contributed by atoms with Crippen LogP contribution < -0.4 is 5.73 Å². The Balaban J connectivity index is 2.50. The first-order valence-corrected chi connectivity index (χ1v) is 4.89. The lowest BCUT2D eigenvalue weighted by Crippen LogP contribution is -1.96. The lowest BCUT2D eigenvalue weighted by atomic mass is 10.1. The number of halogens is 1. The van der Waals surface area contributed by atoms with Gasteiger partial charge in [-0.1, -0.05) is 35.4 Å². The molecule has 0 aliphatic heterocycles. The molecular formula is C11H10ClN3. The van der Waals surface area contributed by atoms with Crippen molar-refractivity contribution < 1.29 is 0 Å². The number of aryl methyl sites for hydroxylation is 1. The molecule has 4 heteroatoms. The highest BCUT2D eigenvalue weighted by atomic mass is 35.5. The maximum atomic E-state index is 5.75. The summed E-state index contributed by atoms with van der Waals surface area (Å²) >= 11 is 5.75. The Morgan fingerprint density at radius 3 is 2.80 bits per heavy atom. The zero-order valence-electron chi connectivity index (χ0n) is 8.24. The van der Waals surface area contributed by atoms with Crippen molar-refractivity contribution in [3.05, 3.63) is 41.0 Å². The van der Waals surface area contributed by atoms with E-state index in [-0.39, 0.29) is 0 Å². The van der Waals surface area contributed by atoms with E-state index in [1.54, 1.807) is 0 Å². The predicted octanol–water partition coefficient (Wildman–Crippen LogP) is 2.69. The van der Waals surface area contributed by atoms with Gasteiger partial charge in [-0.05, 0) is 13.0 Å². The summed E-state index contributed by atoms with van der Waals surface area (Å²) in [6, 6.07) is 7.92. The van der Waals surface area contributed by atoms with Crippen LogP contribution in [0, 0.1) is 6.92 Å². The molecule has 0 fully saturated rings. The fraction of sp³-hybridized carbons (Fsp3) is 0.0909. The van der Waals surface area contributed by atoms with Crippen molar-refractivity contribution in [2.45, 2.75) is 6.92 Å². The number of aromatic nitrogens is 2. The fourth-order valence-electron chi connectivity index (χ4n) is 1.30. The number of nitrogens with two attached hydrogens (primary N) is 1. The van der Waals surface area contributed by atoms with E-state index < -0.39 is 0 Å². The van der Waals surface area contributed by atoms with Crippen LogP contribution in [-0.4, -0.2) is 9.97 Å². The standard InChI is InChI=1S/C11H10ClN3/c1-7-3-2-4-8(5-7)11-14-6-9(12)10(13)15-11/h2-6H,1H3,(H2,13,14,15). The highest BCUT2D eigenvalue weighted by molar-refractivity contribution is 6.32. The number of hydrogen-bond acceptors (Lipinski definition) is 3. The van der Waals surface area contributed by atoms with Gasteiger partial charge in [0.25, 0.3) is 0 Å². The van der Waals surface area contributed by atoms with Gasteiger partial charge in [0, 0.05) is 5.56 Å². The van der Waals surface area contributed by atoms with Gasteiger partial charge in [0.05, 0.1) is 6.20 Å². The van der Waals surface area contributed by atoms with Crippen LogP contribution in [0.15, 0.2) is 30.5 Å². The molecule has 0 aliphatic rings. The summed E-state index contributed by atoms with van der Waals surface area (Å²) in [5.74, 6) is 0.906. The van der Waals surface area contributed by atoms with Crippen LogP contribution in [0.25, 0.3) is 11.4 Å². The Morgan fingerprint density at radius 1 is 1.33 bits per heavy atom. The lowest BCUT2D eigenvalue weighted by Gasteiger charge is -2.02. The normalized spacial score (nSPS) is 10.3. The average molecular weight is 220 g/mol. The van der Waals surface area contributed by atoms with E-state index in [1.807, 2.05) is 31.2 Å². The van der Waals surface area contributed by atoms with Gasteiger partial charge in [0.2, 0.25) is 0 Å². The second-order valence-corrected chi connectivity index (χ2v) is 3.70. The highest BCUT2D eigenvalue weighted by Gasteiger charge is 2.04. The van der Waals surface area contributed by atoms with Crippen LogP contribution in [0.5, 0.6) is 0 Å². The first-order chi connectivity index (χ1) is 7.16. The molecule has 0 radical (unpaired) electrons. The van der Waals surface area contributed by atoms with Crippen molar-refractivity contribution in [3.8, 4) is 11.4 Å². The Bertz CT molecular complexity index is 497.